The predicted molar refractivity (Wildman–Crippen MR) is 135 cm³/mol. The molecule has 0 radical (unpaired) electrons. The number of carbonyl (C=O) groups excluding carboxylic acids is 2. The van der Waals surface area contributed by atoms with Crippen molar-refractivity contribution in [3.05, 3.63) is 47.5 Å². The zero-order valence-electron chi connectivity index (χ0n) is 21.2. The van der Waals surface area contributed by atoms with Gasteiger partial charge in [-0.15, -0.1) is 10.2 Å². The first kappa shape index (κ1) is 25.2. The summed E-state index contributed by atoms with van der Waals surface area (Å²) in [6.45, 7) is 3.69. The first-order valence-electron chi connectivity index (χ1n) is 12.0. The van der Waals surface area contributed by atoms with Gasteiger partial charge in [0.2, 0.25) is 11.7 Å². The van der Waals surface area contributed by atoms with Crippen molar-refractivity contribution in [2.45, 2.75) is 52.1 Å². The number of carbonyl (C=O) groups is 2. The van der Waals surface area contributed by atoms with Gasteiger partial charge in [-0.25, -0.2) is 0 Å². The Bertz CT molecular complexity index is 1230. The van der Waals surface area contributed by atoms with Gasteiger partial charge in [-0.3, -0.25) is 9.59 Å². The second kappa shape index (κ2) is 11.2. The number of aromatic nitrogens is 4. The number of ether oxygens (including phenoxy) is 2. The molecule has 190 valence electrons. The predicted octanol–water partition coefficient (Wildman–Crippen LogP) is 3.07. The van der Waals surface area contributed by atoms with E-state index in [9.17, 15) is 9.59 Å². The molecule has 1 aliphatic carbocycles. The standard InChI is InChI=1S/C26H32N6O4/c1-17-9-11-21(18(2)13-17)31(15-24(33)27-20-7-5-6-8-20)25(34)16-32-29-26(28-30-32)19-10-12-22(35-3)23(14-19)36-4/h9-14,20H,5-8,15-16H2,1-4H3,(H,27,33). The maximum absolute atomic E-state index is 13.4. The summed E-state index contributed by atoms with van der Waals surface area (Å²) in [6, 6.07) is 11.3. The first-order valence-corrected chi connectivity index (χ1v) is 12.0. The molecule has 2 amide bonds. The van der Waals surface area contributed by atoms with Gasteiger partial charge in [0.05, 0.1) is 14.2 Å². The Hall–Kier alpha value is -3.95. The normalized spacial score (nSPS) is 13.4. The highest BCUT2D eigenvalue weighted by Gasteiger charge is 2.24. The number of aryl methyl sites for hydroxylation is 2. The fourth-order valence-corrected chi connectivity index (χ4v) is 4.51. The molecular formula is C26H32N6O4. The summed E-state index contributed by atoms with van der Waals surface area (Å²) in [5.74, 6) is 0.994. The van der Waals surface area contributed by atoms with Gasteiger partial charge >= 0.3 is 0 Å². The van der Waals surface area contributed by atoms with Crippen LogP contribution in [0.5, 0.6) is 11.5 Å². The Morgan fingerprint density at radius 3 is 2.50 bits per heavy atom. The molecule has 36 heavy (non-hydrogen) atoms. The van der Waals surface area contributed by atoms with Crippen molar-refractivity contribution in [3.63, 3.8) is 0 Å². The minimum atomic E-state index is -0.306. The molecule has 10 nitrogen and oxygen atoms in total. The molecule has 4 rings (SSSR count). The Morgan fingerprint density at radius 1 is 1.06 bits per heavy atom. The van der Waals surface area contributed by atoms with Crippen LogP contribution in [0.15, 0.2) is 36.4 Å². The number of amides is 2. The van der Waals surface area contributed by atoms with Gasteiger partial charge in [-0.05, 0) is 61.7 Å². The Morgan fingerprint density at radius 2 is 1.81 bits per heavy atom. The molecule has 1 aromatic heterocycles. The van der Waals surface area contributed by atoms with Crippen molar-refractivity contribution in [3.8, 4) is 22.9 Å². The van der Waals surface area contributed by atoms with E-state index in [-0.39, 0.29) is 30.9 Å². The van der Waals surface area contributed by atoms with Crippen LogP contribution in [-0.4, -0.2) is 58.8 Å². The SMILES string of the molecule is COc1ccc(-c2nnn(CC(=O)N(CC(=O)NC3CCCC3)c3ccc(C)cc3C)n2)cc1OC. The number of nitrogens with zero attached hydrogens (tertiary/aromatic N) is 5. The van der Waals surface area contributed by atoms with E-state index in [0.29, 0.717) is 28.6 Å². The number of methoxy groups -OCH3 is 2. The third-order valence-corrected chi connectivity index (χ3v) is 6.34. The largest absolute Gasteiger partial charge is 0.493 e. The highest BCUT2D eigenvalue weighted by molar-refractivity contribution is 5.99. The Labute approximate surface area is 210 Å². The van der Waals surface area contributed by atoms with Crippen LogP contribution in [0.25, 0.3) is 11.4 Å². The van der Waals surface area contributed by atoms with Crippen LogP contribution in [0.4, 0.5) is 5.69 Å². The van der Waals surface area contributed by atoms with Crippen LogP contribution >= 0.6 is 0 Å². The minimum Gasteiger partial charge on any atom is -0.493 e. The first-order chi connectivity index (χ1) is 17.4. The monoisotopic (exact) mass is 492 g/mol. The van der Waals surface area contributed by atoms with Crippen molar-refractivity contribution in [2.24, 2.45) is 0 Å². The van der Waals surface area contributed by atoms with Gasteiger partial charge in [-0.1, -0.05) is 30.5 Å². The third-order valence-electron chi connectivity index (χ3n) is 6.34. The number of hydrogen-bond donors (Lipinski definition) is 1. The van der Waals surface area contributed by atoms with Crippen molar-refractivity contribution < 1.29 is 19.1 Å². The highest BCUT2D eigenvalue weighted by atomic mass is 16.5. The molecular weight excluding hydrogens is 460 g/mol. The average molecular weight is 493 g/mol. The van der Waals surface area contributed by atoms with Crippen molar-refractivity contribution >= 4 is 17.5 Å². The third kappa shape index (κ3) is 5.81. The van der Waals surface area contributed by atoms with Gasteiger partial charge in [0.15, 0.2) is 11.5 Å². The molecule has 1 saturated carbocycles. The lowest BCUT2D eigenvalue weighted by atomic mass is 10.1. The summed E-state index contributed by atoms with van der Waals surface area (Å²) >= 11 is 0. The van der Waals surface area contributed by atoms with Gasteiger partial charge < -0.3 is 19.7 Å². The van der Waals surface area contributed by atoms with Gasteiger partial charge in [0.25, 0.3) is 5.91 Å². The summed E-state index contributed by atoms with van der Waals surface area (Å²) in [5.41, 5.74) is 3.35. The minimum absolute atomic E-state index is 0.0729. The second-order valence-electron chi connectivity index (χ2n) is 9.03. The molecule has 0 aliphatic heterocycles. The van der Waals surface area contributed by atoms with E-state index in [1.54, 1.807) is 32.4 Å². The molecule has 0 unspecified atom stereocenters. The molecule has 1 fully saturated rings. The Balaban J connectivity index is 1.53. The van der Waals surface area contributed by atoms with Crippen LogP contribution in [0.2, 0.25) is 0 Å². The van der Waals surface area contributed by atoms with Crippen LogP contribution < -0.4 is 19.7 Å². The lowest BCUT2D eigenvalue weighted by Crippen LogP contribution is -2.45. The molecule has 1 heterocycles. The zero-order valence-corrected chi connectivity index (χ0v) is 21.2. The maximum atomic E-state index is 13.4. The molecule has 2 aromatic carbocycles. The smallest absolute Gasteiger partial charge is 0.251 e. The fourth-order valence-electron chi connectivity index (χ4n) is 4.51. The van der Waals surface area contributed by atoms with E-state index >= 15 is 0 Å². The number of nitrogens with one attached hydrogen (secondary N) is 1. The number of benzene rings is 2. The highest BCUT2D eigenvalue weighted by Crippen LogP contribution is 2.30. The van der Waals surface area contributed by atoms with Crippen molar-refractivity contribution in [1.82, 2.24) is 25.5 Å². The van der Waals surface area contributed by atoms with Crippen LogP contribution in [0.1, 0.15) is 36.8 Å². The lowest BCUT2D eigenvalue weighted by Gasteiger charge is -2.25. The quantitative estimate of drug-likeness (QED) is 0.489. The molecule has 1 N–H and O–H groups in total. The van der Waals surface area contributed by atoms with Crippen LogP contribution in [0.3, 0.4) is 0 Å². The zero-order chi connectivity index (χ0) is 25.7. The van der Waals surface area contributed by atoms with Gasteiger partial charge in [-0.2, -0.15) is 4.80 Å². The molecule has 0 saturated heterocycles. The summed E-state index contributed by atoms with van der Waals surface area (Å²) < 4.78 is 10.6. The average Bonchev–Trinajstić information content (AvgIpc) is 3.55. The van der Waals surface area contributed by atoms with Crippen LogP contribution in [-0.2, 0) is 16.1 Å². The summed E-state index contributed by atoms with van der Waals surface area (Å²) in [7, 11) is 3.11. The molecule has 3 aromatic rings. The molecule has 0 spiro atoms. The fraction of sp³-hybridized carbons (Fsp3) is 0.423. The molecule has 0 bridgehead atoms. The van der Waals surface area contributed by atoms with E-state index in [2.05, 4.69) is 20.7 Å². The topological polar surface area (TPSA) is 111 Å². The maximum Gasteiger partial charge on any atom is 0.251 e. The van der Waals surface area contributed by atoms with Gasteiger partial charge in [0.1, 0.15) is 13.1 Å². The van der Waals surface area contributed by atoms with Crippen molar-refractivity contribution in [1.29, 1.82) is 0 Å². The summed E-state index contributed by atoms with van der Waals surface area (Å²) in [5, 5.41) is 15.6. The molecule has 1 aliphatic rings. The number of anilines is 1. The summed E-state index contributed by atoms with van der Waals surface area (Å²) in [6.07, 6.45) is 4.19. The van der Waals surface area contributed by atoms with Crippen molar-refractivity contribution in [2.75, 3.05) is 25.7 Å². The second-order valence-corrected chi connectivity index (χ2v) is 9.03. The lowest BCUT2D eigenvalue weighted by molar-refractivity contribution is -0.124. The summed E-state index contributed by atoms with van der Waals surface area (Å²) in [4.78, 5) is 29.0. The number of rotatable bonds is 9. The van der Waals surface area contributed by atoms with E-state index in [4.69, 9.17) is 9.47 Å². The Kier molecular flexibility index (Phi) is 7.82. The van der Waals surface area contributed by atoms with Gasteiger partial charge in [0, 0.05) is 17.3 Å². The molecule has 10 heteroatoms. The molecule has 0 atom stereocenters. The van der Waals surface area contributed by atoms with E-state index < -0.39 is 0 Å². The van der Waals surface area contributed by atoms with Crippen LogP contribution in [0, 0.1) is 13.8 Å². The van der Waals surface area contributed by atoms with E-state index in [1.807, 2.05) is 32.0 Å². The van der Waals surface area contributed by atoms with E-state index in [0.717, 1.165) is 36.8 Å². The number of tetrazole rings is 1. The number of hydrogen-bond acceptors (Lipinski definition) is 7. The van der Waals surface area contributed by atoms with E-state index in [1.165, 1.54) is 9.70 Å².